The molecule has 0 bridgehead atoms. The zero-order valence-electron chi connectivity index (χ0n) is 22.9. The lowest BCUT2D eigenvalue weighted by molar-refractivity contribution is -0.121. The van der Waals surface area contributed by atoms with Gasteiger partial charge in [-0.25, -0.2) is 9.78 Å². The Hall–Kier alpha value is -4.17. The smallest absolute Gasteiger partial charge is 0.408 e. The molecule has 1 unspecified atom stereocenters. The summed E-state index contributed by atoms with van der Waals surface area (Å²) in [6.45, 7) is 7.43. The van der Waals surface area contributed by atoms with Gasteiger partial charge in [-0.15, -0.1) is 0 Å². The quantitative estimate of drug-likeness (QED) is 0.182. The lowest BCUT2D eigenvalue weighted by Gasteiger charge is -2.21. The third kappa shape index (κ3) is 7.23. The number of Topliss-reactive ketones (excluding diaryl/α,β-unsaturated/α-hetero) is 1. The fraction of sp³-hybridized carbons (Fsp3) is 0.323. The number of ketones is 1. The SMILES string of the molecule is CCC(CNc1cc(CO)cc(Nc2c3ccccc3nc3ccccc23)c1)C(=O)CNC(=O)OC(C)(C)C. The van der Waals surface area contributed by atoms with Gasteiger partial charge in [-0.05, 0) is 63.1 Å². The van der Waals surface area contributed by atoms with Crippen LogP contribution in [-0.4, -0.2) is 40.7 Å². The molecule has 39 heavy (non-hydrogen) atoms. The molecule has 8 nitrogen and oxygen atoms in total. The normalized spacial score (nSPS) is 12.2. The molecule has 0 aliphatic rings. The summed E-state index contributed by atoms with van der Waals surface area (Å²) < 4.78 is 5.22. The third-order valence-electron chi connectivity index (χ3n) is 6.34. The Morgan fingerprint density at radius 3 is 2.15 bits per heavy atom. The molecule has 1 amide bonds. The Kier molecular flexibility index (Phi) is 8.66. The zero-order valence-corrected chi connectivity index (χ0v) is 22.9. The average Bonchev–Trinajstić information content (AvgIpc) is 2.91. The van der Waals surface area contributed by atoms with Gasteiger partial charge in [0.25, 0.3) is 0 Å². The summed E-state index contributed by atoms with van der Waals surface area (Å²) >= 11 is 0. The van der Waals surface area contributed by atoms with Gasteiger partial charge < -0.3 is 25.8 Å². The van der Waals surface area contributed by atoms with E-state index >= 15 is 0 Å². The maximum atomic E-state index is 12.8. The van der Waals surface area contributed by atoms with Gasteiger partial charge in [0.1, 0.15) is 5.60 Å². The van der Waals surface area contributed by atoms with E-state index in [2.05, 4.69) is 16.0 Å². The van der Waals surface area contributed by atoms with Crippen molar-refractivity contribution in [3.8, 4) is 0 Å². The van der Waals surface area contributed by atoms with E-state index in [4.69, 9.17) is 9.72 Å². The molecule has 0 fully saturated rings. The summed E-state index contributed by atoms with van der Waals surface area (Å²) in [6.07, 6.45) is 0.00271. The number of nitrogens with one attached hydrogen (secondary N) is 3. The summed E-state index contributed by atoms with van der Waals surface area (Å²) in [7, 11) is 0. The number of anilines is 3. The largest absolute Gasteiger partial charge is 0.444 e. The highest BCUT2D eigenvalue weighted by Gasteiger charge is 2.20. The van der Waals surface area contributed by atoms with E-state index < -0.39 is 11.7 Å². The summed E-state index contributed by atoms with van der Waals surface area (Å²) in [4.78, 5) is 29.5. The van der Waals surface area contributed by atoms with Crippen LogP contribution in [0.15, 0.2) is 66.7 Å². The Balaban J connectivity index is 1.52. The number of nitrogens with zero attached hydrogens (tertiary/aromatic N) is 1. The zero-order chi connectivity index (χ0) is 28.0. The monoisotopic (exact) mass is 528 g/mol. The van der Waals surface area contributed by atoms with Crippen molar-refractivity contribution in [3.63, 3.8) is 0 Å². The maximum absolute atomic E-state index is 12.8. The van der Waals surface area contributed by atoms with Crippen molar-refractivity contribution in [2.75, 3.05) is 23.7 Å². The number of carbonyl (C=O) groups is 2. The minimum absolute atomic E-state index is 0.0813. The number of aliphatic hydroxyl groups excluding tert-OH is 1. The van der Waals surface area contributed by atoms with Crippen molar-refractivity contribution in [2.24, 2.45) is 5.92 Å². The highest BCUT2D eigenvalue weighted by molar-refractivity contribution is 6.08. The van der Waals surface area contributed by atoms with E-state index in [0.29, 0.717) is 13.0 Å². The topological polar surface area (TPSA) is 113 Å². The molecule has 8 heteroatoms. The molecule has 1 heterocycles. The Morgan fingerprint density at radius 1 is 0.949 bits per heavy atom. The number of ether oxygens (including phenoxy) is 1. The van der Waals surface area contributed by atoms with Gasteiger partial charge >= 0.3 is 6.09 Å². The number of hydrogen-bond acceptors (Lipinski definition) is 7. The predicted molar refractivity (Wildman–Crippen MR) is 156 cm³/mol. The first-order chi connectivity index (χ1) is 18.7. The van der Waals surface area contributed by atoms with Crippen LogP contribution in [-0.2, 0) is 16.1 Å². The number of amides is 1. The van der Waals surface area contributed by atoms with E-state index in [1.807, 2.05) is 73.7 Å². The first-order valence-corrected chi connectivity index (χ1v) is 13.2. The first kappa shape index (κ1) is 27.9. The minimum Gasteiger partial charge on any atom is -0.444 e. The number of rotatable bonds is 10. The highest BCUT2D eigenvalue weighted by atomic mass is 16.6. The molecule has 0 aliphatic heterocycles. The van der Waals surface area contributed by atoms with Crippen LogP contribution in [0.3, 0.4) is 0 Å². The van der Waals surface area contributed by atoms with Crippen molar-refractivity contribution in [1.82, 2.24) is 10.3 Å². The molecule has 0 aliphatic carbocycles. The standard InChI is InChI=1S/C31H36N4O4/c1-5-21(28(37)18-33-30(38)39-31(2,3)4)17-32-22-14-20(19-36)15-23(16-22)34-29-24-10-6-8-12-26(24)35-27-13-9-7-11-25(27)29/h6-16,21,32,36H,5,17-19H2,1-4H3,(H,33,38)(H,34,35). The molecular formula is C31H36N4O4. The molecule has 204 valence electrons. The number of aliphatic hydroxyl groups is 1. The number of aromatic nitrogens is 1. The molecule has 4 aromatic rings. The maximum Gasteiger partial charge on any atom is 0.408 e. The van der Waals surface area contributed by atoms with Crippen molar-refractivity contribution in [3.05, 3.63) is 72.3 Å². The van der Waals surface area contributed by atoms with Crippen LogP contribution in [0.5, 0.6) is 0 Å². The molecule has 3 aromatic carbocycles. The van der Waals surface area contributed by atoms with E-state index in [1.54, 1.807) is 20.8 Å². The Labute approximate surface area is 228 Å². The van der Waals surface area contributed by atoms with Crippen LogP contribution in [0, 0.1) is 5.92 Å². The van der Waals surface area contributed by atoms with Crippen molar-refractivity contribution in [2.45, 2.75) is 46.3 Å². The van der Waals surface area contributed by atoms with E-state index in [1.165, 1.54) is 0 Å². The minimum atomic E-state index is -0.628. The van der Waals surface area contributed by atoms with Gasteiger partial charge in [0, 0.05) is 34.6 Å². The number of benzene rings is 3. The second-order valence-electron chi connectivity index (χ2n) is 10.5. The lowest BCUT2D eigenvalue weighted by Crippen LogP contribution is -2.38. The lowest BCUT2D eigenvalue weighted by atomic mass is 10.0. The van der Waals surface area contributed by atoms with Crippen molar-refractivity contribution in [1.29, 1.82) is 0 Å². The highest BCUT2D eigenvalue weighted by Crippen LogP contribution is 2.34. The van der Waals surface area contributed by atoms with Crippen LogP contribution in [0.1, 0.15) is 39.7 Å². The molecule has 4 rings (SSSR count). The number of para-hydroxylation sites is 2. The van der Waals surface area contributed by atoms with Crippen LogP contribution < -0.4 is 16.0 Å². The van der Waals surface area contributed by atoms with E-state index in [0.717, 1.165) is 44.4 Å². The molecule has 0 spiro atoms. The summed E-state index contributed by atoms with van der Waals surface area (Å²) in [6, 6.07) is 21.7. The Morgan fingerprint density at radius 2 is 1.56 bits per heavy atom. The molecular weight excluding hydrogens is 492 g/mol. The van der Waals surface area contributed by atoms with Gasteiger partial charge in [-0.1, -0.05) is 43.3 Å². The predicted octanol–water partition coefficient (Wildman–Crippen LogP) is 6.16. The van der Waals surface area contributed by atoms with Crippen molar-refractivity contribution >= 4 is 50.7 Å². The van der Waals surface area contributed by atoms with Gasteiger partial charge in [-0.3, -0.25) is 4.79 Å². The van der Waals surface area contributed by atoms with Gasteiger partial charge in [-0.2, -0.15) is 0 Å². The third-order valence-corrected chi connectivity index (χ3v) is 6.34. The number of fused-ring (bicyclic) bond motifs is 2. The number of pyridine rings is 1. The fourth-order valence-electron chi connectivity index (χ4n) is 4.42. The number of hydrogen-bond donors (Lipinski definition) is 4. The molecule has 4 N–H and O–H groups in total. The summed E-state index contributed by atoms with van der Waals surface area (Å²) in [5.41, 5.74) is 4.40. The van der Waals surface area contributed by atoms with Crippen molar-refractivity contribution < 1.29 is 19.4 Å². The van der Waals surface area contributed by atoms with Crippen LogP contribution in [0.4, 0.5) is 21.9 Å². The second-order valence-corrected chi connectivity index (χ2v) is 10.5. The van der Waals surface area contributed by atoms with Crippen LogP contribution in [0.2, 0.25) is 0 Å². The molecule has 0 saturated carbocycles. The first-order valence-electron chi connectivity index (χ1n) is 13.2. The molecule has 1 aromatic heterocycles. The van der Waals surface area contributed by atoms with Gasteiger partial charge in [0.2, 0.25) is 0 Å². The number of carbonyl (C=O) groups excluding carboxylic acids is 2. The van der Waals surface area contributed by atoms with Crippen LogP contribution >= 0.6 is 0 Å². The summed E-state index contributed by atoms with van der Waals surface area (Å²) in [5, 5.41) is 21.4. The number of alkyl carbamates (subject to hydrolysis) is 1. The second kappa shape index (κ2) is 12.1. The van der Waals surface area contributed by atoms with Gasteiger partial charge in [0.15, 0.2) is 5.78 Å². The van der Waals surface area contributed by atoms with Gasteiger partial charge in [0.05, 0.1) is 29.9 Å². The average molecular weight is 529 g/mol. The molecule has 0 saturated heterocycles. The van der Waals surface area contributed by atoms with E-state index in [9.17, 15) is 14.7 Å². The Bertz CT molecular complexity index is 1420. The van der Waals surface area contributed by atoms with E-state index in [-0.39, 0.29) is 24.9 Å². The summed E-state index contributed by atoms with van der Waals surface area (Å²) in [5.74, 6) is -0.385. The molecule has 1 atom stereocenters. The molecule has 0 radical (unpaired) electrons. The fourth-order valence-corrected chi connectivity index (χ4v) is 4.42. The van der Waals surface area contributed by atoms with Crippen LogP contribution in [0.25, 0.3) is 21.8 Å².